The zero-order valence-corrected chi connectivity index (χ0v) is 11.7. The molecule has 0 aromatic heterocycles. The third-order valence-electron chi connectivity index (χ3n) is 3.21. The van der Waals surface area contributed by atoms with Gasteiger partial charge in [0.05, 0.1) is 22.1 Å². The van der Waals surface area contributed by atoms with Gasteiger partial charge in [-0.2, -0.15) is 0 Å². The van der Waals surface area contributed by atoms with Gasteiger partial charge < -0.3 is 14.2 Å². The molecule has 0 fully saturated rings. The molecule has 0 amide bonds. The van der Waals surface area contributed by atoms with Crippen molar-refractivity contribution in [3.8, 4) is 11.5 Å². The van der Waals surface area contributed by atoms with E-state index in [0.29, 0.717) is 5.75 Å². The second kappa shape index (κ2) is 5.91. The molecule has 118 valence electrons. The topological polar surface area (TPSA) is 87.9 Å². The van der Waals surface area contributed by atoms with Gasteiger partial charge in [0.15, 0.2) is 11.5 Å². The highest BCUT2D eigenvalue weighted by atomic mass is 19.1. The number of carbonyl (C=O) groups excluding carboxylic acids is 1. The van der Waals surface area contributed by atoms with Crippen LogP contribution in [0.5, 0.6) is 11.5 Å². The zero-order valence-electron chi connectivity index (χ0n) is 11.7. The van der Waals surface area contributed by atoms with E-state index in [1.165, 1.54) is 24.3 Å². The first kappa shape index (κ1) is 14.8. The lowest BCUT2D eigenvalue weighted by molar-refractivity contribution is -0.385. The number of nitro benzene ring substituents is 1. The molecule has 1 aliphatic heterocycles. The summed E-state index contributed by atoms with van der Waals surface area (Å²) in [5, 5.41) is 11.1. The molecule has 8 heteroatoms. The largest absolute Gasteiger partial charge is 0.457 e. The Morgan fingerprint density at radius 3 is 2.52 bits per heavy atom. The highest BCUT2D eigenvalue weighted by Crippen LogP contribution is 2.38. The second-order valence-electron chi connectivity index (χ2n) is 4.67. The van der Waals surface area contributed by atoms with E-state index in [-0.39, 0.29) is 36.0 Å². The number of carbonyl (C=O) groups is 1. The van der Waals surface area contributed by atoms with Crippen molar-refractivity contribution in [2.24, 2.45) is 0 Å². The smallest absolute Gasteiger partial charge is 0.338 e. The molecule has 0 atom stereocenters. The standard InChI is InChI=1S/C15H10FNO6/c16-11-3-1-9(2-4-11)15(18)21-7-10-5-13-14(23-8-22-13)6-12(10)17(19)20/h1-6H,7-8H2. The van der Waals surface area contributed by atoms with E-state index >= 15 is 0 Å². The van der Waals surface area contributed by atoms with Crippen molar-refractivity contribution >= 4 is 11.7 Å². The second-order valence-corrected chi connectivity index (χ2v) is 4.67. The lowest BCUT2D eigenvalue weighted by atomic mass is 10.1. The lowest BCUT2D eigenvalue weighted by Gasteiger charge is -2.07. The fourth-order valence-corrected chi connectivity index (χ4v) is 2.07. The van der Waals surface area contributed by atoms with Crippen molar-refractivity contribution in [1.29, 1.82) is 0 Å². The normalized spacial score (nSPS) is 12.0. The van der Waals surface area contributed by atoms with Crippen molar-refractivity contribution < 1.29 is 28.3 Å². The van der Waals surface area contributed by atoms with Crippen LogP contribution in [0.2, 0.25) is 0 Å². The maximum absolute atomic E-state index is 12.8. The Labute approximate surface area is 129 Å². The number of nitro groups is 1. The van der Waals surface area contributed by atoms with Crippen LogP contribution in [-0.4, -0.2) is 17.7 Å². The molecular weight excluding hydrogens is 309 g/mol. The molecule has 2 aromatic rings. The van der Waals surface area contributed by atoms with E-state index in [2.05, 4.69) is 0 Å². The maximum Gasteiger partial charge on any atom is 0.338 e. The molecule has 0 saturated heterocycles. The molecule has 1 heterocycles. The van der Waals surface area contributed by atoms with Crippen LogP contribution >= 0.6 is 0 Å². The number of rotatable bonds is 4. The van der Waals surface area contributed by atoms with Crippen molar-refractivity contribution in [2.75, 3.05) is 6.79 Å². The van der Waals surface area contributed by atoms with Crippen LogP contribution in [0.15, 0.2) is 36.4 Å². The SMILES string of the molecule is O=C(OCc1cc2c(cc1[N+](=O)[O-])OCO2)c1ccc(F)cc1. The van der Waals surface area contributed by atoms with Crippen molar-refractivity contribution in [3.63, 3.8) is 0 Å². The molecular formula is C15H10FNO6. The Balaban J connectivity index is 1.78. The lowest BCUT2D eigenvalue weighted by Crippen LogP contribution is -2.06. The van der Waals surface area contributed by atoms with Gasteiger partial charge in [0, 0.05) is 0 Å². The predicted octanol–water partition coefficient (Wildman–Crippen LogP) is 2.82. The van der Waals surface area contributed by atoms with Gasteiger partial charge in [-0.1, -0.05) is 0 Å². The Morgan fingerprint density at radius 2 is 1.87 bits per heavy atom. The molecule has 2 aromatic carbocycles. The minimum Gasteiger partial charge on any atom is -0.457 e. The predicted molar refractivity (Wildman–Crippen MR) is 74.7 cm³/mol. The van der Waals surface area contributed by atoms with Crippen LogP contribution in [0.3, 0.4) is 0 Å². The fraction of sp³-hybridized carbons (Fsp3) is 0.133. The quantitative estimate of drug-likeness (QED) is 0.489. The number of ether oxygens (including phenoxy) is 3. The molecule has 1 aliphatic rings. The van der Waals surface area contributed by atoms with Crippen LogP contribution in [-0.2, 0) is 11.3 Å². The Kier molecular flexibility index (Phi) is 3.80. The summed E-state index contributed by atoms with van der Waals surface area (Å²) in [4.78, 5) is 22.4. The molecule has 0 N–H and O–H groups in total. The summed E-state index contributed by atoms with van der Waals surface area (Å²) < 4.78 is 28.1. The van der Waals surface area contributed by atoms with E-state index < -0.39 is 16.7 Å². The van der Waals surface area contributed by atoms with E-state index in [9.17, 15) is 19.3 Å². The summed E-state index contributed by atoms with van der Waals surface area (Å²) in [6.07, 6.45) is 0. The third kappa shape index (κ3) is 3.05. The van der Waals surface area contributed by atoms with Crippen LogP contribution in [0, 0.1) is 15.9 Å². The first-order valence-corrected chi connectivity index (χ1v) is 6.54. The molecule has 0 spiro atoms. The van der Waals surface area contributed by atoms with Crippen LogP contribution in [0.25, 0.3) is 0 Å². The van der Waals surface area contributed by atoms with Crippen LogP contribution in [0.4, 0.5) is 10.1 Å². The zero-order chi connectivity index (χ0) is 16.4. The van der Waals surface area contributed by atoms with Crippen molar-refractivity contribution in [3.05, 3.63) is 63.5 Å². The van der Waals surface area contributed by atoms with Crippen LogP contribution in [0.1, 0.15) is 15.9 Å². The van der Waals surface area contributed by atoms with Gasteiger partial charge in [-0.05, 0) is 30.3 Å². The average Bonchev–Trinajstić information content (AvgIpc) is 2.99. The number of hydrogen-bond acceptors (Lipinski definition) is 6. The number of hydrogen-bond donors (Lipinski definition) is 0. The third-order valence-corrected chi connectivity index (χ3v) is 3.21. The number of benzene rings is 2. The van der Waals surface area contributed by atoms with E-state index in [0.717, 1.165) is 12.1 Å². The Hall–Kier alpha value is -3.16. The summed E-state index contributed by atoms with van der Waals surface area (Å²) in [7, 11) is 0. The molecule has 7 nitrogen and oxygen atoms in total. The summed E-state index contributed by atoms with van der Waals surface area (Å²) in [6.45, 7) is -0.339. The molecule has 23 heavy (non-hydrogen) atoms. The number of esters is 1. The van der Waals surface area contributed by atoms with Gasteiger partial charge in [-0.3, -0.25) is 10.1 Å². The average molecular weight is 319 g/mol. The first-order valence-electron chi connectivity index (χ1n) is 6.54. The molecule has 0 aliphatic carbocycles. The summed E-state index contributed by atoms with van der Waals surface area (Å²) in [5.41, 5.74) is 0.0886. The summed E-state index contributed by atoms with van der Waals surface area (Å²) >= 11 is 0. The number of fused-ring (bicyclic) bond motifs is 1. The van der Waals surface area contributed by atoms with Gasteiger partial charge in [-0.15, -0.1) is 0 Å². The van der Waals surface area contributed by atoms with Crippen LogP contribution < -0.4 is 9.47 Å². The first-order chi connectivity index (χ1) is 11.0. The molecule has 3 rings (SSSR count). The number of nitrogens with zero attached hydrogens (tertiary/aromatic N) is 1. The highest BCUT2D eigenvalue weighted by molar-refractivity contribution is 5.89. The van der Waals surface area contributed by atoms with E-state index in [1.54, 1.807) is 0 Å². The fourth-order valence-electron chi connectivity index (χ4n) is 2.07. The van der Waals surface area contributed by atoms with Gasteiger partial charge in [0.2, 0.25) is 6.79 Å². The summed E-state index contributed by atoms with van der Waals surface area (Å²) in [6, 6.07) is 7.42. The molecule has 0 radical (unpaired) electrons. The minimum absolute atomic E-state index is 0.0225. The van der Waals surface area contributed by atoms with Crippen molar-refractivity contribution in [1.82, 2.24) is 0 Å². The monoisotopic (exact) mass is 319 g/mol. The highest BCUT2D eigenvalue weighted by Gasteiger charge is 2.24. The Bertz CT molecular complexity index is 774. The van der Waals surface area contributed by atoms with Gasteiger partial charge >= 0.3 is 5.97 Å². The van der Waals surface area contributed by atoms with Crippen molar-refractivity contribution in [2.45, 2.75) is 6.61 Å². The van der Waals surface area contributed by atoms with E-state index in [4.69, 9.17) is 14.2 Å². The van der Waals surface area contributed by atoms with Gasteiger partial charge in [0.25, 0.3) is 5.69 Å². The summed E-state index contributed by atoms with van der Waals surface area (Å²) in [5.74, 6) is -0.571. The minimum atomic E-state index is -0.711. The van der Waals surface area contributed by atoms with E-state index in [1.807, 2.05) is 0 Å². The maximum atomic E-state index is 12.8. The van der Waals surface area contributed by atoms with Gasteiger partial charge in [-0.25, -0.2) is 9.18 Å². The molecule has 0 bridgehead atoms. The molecule has 0 saturated carbocycles. The van der Waals surface area contributed by atoms with Gasteiger partial charge in [0.1, 0.15) is 12.4 Å². The number of halogens is 1. The Morgan fingerprint density at radius 1 is 1.22 bits per heavy atom. The molecule has 0 unspecified atom stereocenters.